The molecule has 2 rings (SSSR count). The fraction of sp³-hybridized carbons (Fsp3) is 0.429. The van der Waals surface area contributed by atoms with E-state index in [0.717, 1.165) is 5.69 Å². The quantitative estimate of drug-likeness (QED) is 0.663. The third kappa shape index (κ3) is 5.42. The molecular weight excluding hydrogens is 361 g/mol. The van der Waals surface area contributed by atoms with Crippen LogP contribution in [0.1, 0.15) is 29.9 Å². The number of methoxy groups -OCH3 is 1. The van der Waals surface area contributed by atoms with Gasteiger partial charge in [-0.3, -0.25) is 9.59 Å². The van der Waals surface area contributed by atoms with Crippen molar-refractivity contribution in [1.82, 2.24) is 14.4 Å². The molecule has 1 aromatic carbocycles. The van der Waals surface area contributed by atoms with E-state index in [4.69, 9.17) is 4.74 Å². The number of hydrogen-bond acceptors (Lipinski definition) is 3. The van der Waals surface area contributed by atoms with Crippen molar-refractivity contribution in [2.45, 2.75) is 26.4 Å². The highest BCUT2D eigenvalue weighted by molar-refractivity contribution is 5.97. The summed E-state index contributed by atoms with van der Waals surface area (Å²) in [7, 11) is 3.49. The number of carbonyl (C=O) groups excluding carboxylic acids is 2. The number of amides is 2. The molecule has 0 N–H and O–H groups in total. The highest BCUT2D eigenvalue weighted by Crippen LogP contribution is 2.14. The van der Waals surface area contributed by atoms with Gasteiger partial charge in [-0.15, -0.1) is 0 Å². The van der Waals surface area contributed by atoms with Crippen LogP contribution in [0.5, 0.6) is 0 Å². The van der Waals surface area contributed by atoms with Crippen molar-refractivity contribution in [3.8, 4) is 0 Å². The molecule has 0 radical (unpaired) electrons. The lowest BCUT2D eigenvalue weighted by atomic mass is 10.1. The van der Waals surface area contributed by atoms with E-state index in [1.807, 2.05) is 43.8 Å². The van der Waals surface area contributed by atoms with E-state index in [1.165, 1.54) is 23.1 Å². The minimum absolute atomic E-state index is 0.0325. The van der Waals surface area contributed by atoms with Gasteiger partial charge in [-0.2, -0.15) is 0 Å². The van der Waals surface area contributed by atoms with Crippen LogP contribution >= 0.6 is 0 Å². The first-order chi connectivity index (χ1) is 13.3. The number of aromatic nitrogens is 1. The van der Waals surface area contributed by atoms with Crippen LogP contribution in [-0.2, 0) is 23.1 Å². The lowest BCUT2D eigenvalue weighted by Crippen LogP contribution is -2.46. The second kappa shape index (κ2) is 10.0. The van der Waals surface area contributed by atoms with Crippen LogP contribution in [0.2, 0.25) is 0 Å². The Bertz CT molecular complexity index is 804. The van der Waals surface area contributed by atoms with E-state index >= 15 is 0 Å². The van der Waals surface area contributed by atoms with Crippen LogP contribution in [0.25, 0.3) is 0 Å². The summed E-state index contributed by atoms with van der Waals surface area (Å²) in [6.45, 7) is 4.69. The van der Waals surface area contributed by atoms with Crippen molar-refractivity contribution in [3.05, 3.63) is 59.7 Å². The molecule has 0 spiro atoms. The zero-order valence-corrected chi connectivity index (χ0v) is 16.9. The zero-order valence-electron chi connectivity index (χ0n) is 16.9. The smallest absolute Gasteiger partial charge is 0.257 e. The number of benzene rings is 1. The normalized spacial score (nSPS) is 10.9. The van der Waals surface area contributed by atoms with Gasteiger partial charge in [-0.25, -0.2) is 4.39 Å². The molecule has 0 unspecified atom stereocenters. The van der Waals surface area contributed by atoms with Gasteiger partial charge < -0.3 is 19.1 Å². The Morgan fingerprint density at radius 3 is 2.46 bits per heavy atom. The third-order valence-electron chi connectivity index (χ3n) is 4.62. The maximum Gasteiger partial charge on any atom is 0.257 e. The monoisotopic (exact) mass is 389 g/mol. The largest absolute Gasteiger partial charge is 0.383 e. The Morgan fingerprint density at radius 1 is 1.18 bits per heavy atom. The second-order valence-corrected chi connectivity index (χ2v) is 6.93. The van der Waals surface area contributed by atoms with Crippen LogP contribution < -0.4 is 0 Å². The van der Waals surface area contributed by atoms with Crippen molar-refractivity contribution in [2.24, 2.45) is 7.05 Å². The molecule has 7 heteroatoms. The Labute approximate surface area is 165 Å². The molecule has 28 heavy (non-hydrogen) atoms. The molecule has 2 aromatic rings. The maximum absolute atomic E-state index is 14.1. The first kappa shape index (κ1) is 21.6. The molecule has 2 amide bonds. The fourth-order valence-corrected chi connectivity index (χ4v) is 2.87. The Balaban J connectivity index is 2.18. The summed E-state index contributed by atoms with van der Waals surface area (Å²) in [5.41, 5.74) is 0.941. The average Bonchev–Trinajstić information content (AvgIpc) is 3.07. The Hall–Kier alpha value is -2.67. The number of halogens is 1. The van der Waals surface area contributed by atoms with Crippen molar-refractivity contribution in [1.29, 1.82) is 0 Å². The molecule has 1 aromatic heterocycles. The summed E-state index contributed by atoms with van der Waals surface area (Å²) in [5.74, 6) is -1.30. The number of carbonyl (C=O) groups is 2. The van der Waals surface area contributed by atoms with Crippen molar-refractivity contribution < 1.29 is 18.7 Å². The molecule has 0 saturated heterocycles. The van der Waals surface area contributed by atoms with E-state index in [0.29, 0.717) is 19.7 Å². The first-order valence-electron chi connectivity index (χ1n) is 9.27. The van der Waals surface area contributed by atoms with Gasteiger partial charge in [0.05, 0.1) is 18.7 Å². The molecule has 152 valence electrons. The van der Waals surface area contributed by atoms with E-state index in [1.54, 1.807) is 18.1 Å². The van der Waals surface area contributed by atoms with Crippen molar-refractivity contribution >= 4 is 11.8 Å². The van der Waals surface area contributed by atoms with E-state index in [9.17, 15) is 14.0 Å². The molecule has 0 aliphatic heterocycles. The molecule has 0 bridgehead atoms. The van der Waals surface area contributed by atoms with Gasteiger partial charge in [0, 0.05) is 38.6 Å². The predicted octanol–water partition coefficient (Wildman–Crippen LogP) is 2.69. The Kier molecular flexibility index (Phi) is 7.75. The standard InChI is InChI=1S/C21H28FN3O3/c1-16(2)25(21(27)18-9-5-6-10-19(18)22)15-20(26)24(12-13-28-4)14-17-8-7-11-23(17)3/h5-11,16H,12-15H2,1-4H3. The van der Waals surface area contributed by atoms with E-state index in [-0.39, 0.29) is 24.1 Å². The zero-order chi connectivity index (χ0) is 20.7. The van der Waals surface area contributed by atoms with Crippen LogP contribution in [-0.4, -0.2) is 59.0 Å². The van der Waals surface area contributed by atoms with Gasteiger partial charge in [-0.05, 0) is 38.1 Å². The van der Waals surface area contributed by atoms with Gasteiger partial charge in [0.1, 0.15) is 12.4 Å². The number of ether oxygens (including phenoxy) is 1. The molecular formula is C21H28FN3O3. The number of hydrogen-bond donors (Lipinski definition) is 0. The lowest BCUT2D eigenvalue weighted by molar-refractivity contribution is -0.133. The van der Waals surface area contributed by atoms with Crippen molar-refractivity contribution in [2.75, 3.05) is 26.8 Å². The highest BCUT2D eigenvalue weighted by Gasteiger charge is 2.26. The molecule has 6 nitrogen and oxygen atoms in total. The lowest BCUT2D eigenvalue weighted by Gasteiger charge is -2.30. The molecule has 1 heterocycles. The summed E-state index contributed by atoms with van der Waals surface area (Å²) >= 11 is 0. The van der Waals surface area contributed by atoms with Crippen molar-refractivity contribution in [3.63, 3.8) is 0 Å². The molecule has 0 aliphatic rings. The summed E-state index contributed by atoms with van der Waals surface area (Å²) < 4.78 is 21.1. The maximum atomic E-state index is 14.1. The fourth-order valence-electron chi connectivity index (χ4n) is 2.87. The summed E-state index contributed by atoms with van der Waals surface area (Å²) in [4.78, 5) is 28.9. The van der Waals surface area contributed by atoms with E-state index < -0.39 is 11.7 Å². The van der Waals surface area contributed by atoms with Crippen LogP contribution in [0, 0.1) is 5.82 Å². The van der Waals surface area contributed by atoms with Gasteiger partial charge >= 0.3 is 0 Å². The molecule has 0 saturated carbocycles. The SMILES string of the molecule is COCCN(Cc1cccn1C)C(=O)CN(C(=O)c1ccccc1F)C(C)C. The average molecular weight is 389 g/mol. The minimum Gasteiger partial charge on any atom is -0.383 e. The molecule has 0 aliphatic carbocycles. The highest BCUT2D eigenvalue weighted by atomic mass is 19.1. The first-order valence-corrected chi connectivity index (χ1v) is 9.27. The number of aryl methyl sites for hydroxylation is 1. The minimum atomic E-state index is -0.592. The van der Waals surface area contributed by atoms with Gasteiger partial charge in [0.15, 0.2) is 0 Å². The summed E-state index contributed by atoms with van der Waals surface area (Å²) in [5, 5.41) is 0. The van der Waals surface area contributed by atoms with Crippen LogP contribution in [0.4, 0.5) is 4.39 Å². The predicted molar refractivity (Wildman–Crippen MR) is 105 cm³/mol. The summed E-state index contributed by atoms with van der Waals surface area (Å²) in [6, 6.07) is 9.42. The summed E-state index contributed by atoms with van der Waals surface area (Å²) in [6.07, 6.45) is 1.91. The van der Waals surface area contributed by atoms with Crippen LogP contribution in [0.15, 0.2) is 42.6 Å². The van der Waals surface area contributed by atoms with E-state index in [2.05, 4.69) is 0 Å². The topological polar surface area (TPSA) is 54.8 Å². The second-order valence-electron chi connectivity index (χ2n) is 6.93. The third-order valence-corrected chi connectivity index (χ3v) is 4.62. The molecule has 0 atom stereocenters. The molecule has 0 fully saturated rings. The number of rotatable bonds is 9. The number of nitrogens with zero attached hydrogens (tertiary/aromatic N) is 3. The van der Waals surface area contributed by atoms with Gasteiger partial charge in [0.25, 0.3) is 5.91 Å². The van der Waals surface area contributed by atoms with Gasteiger partial charge in [0.2, 0.25) is 5.91 Å². The Morgan fingerprint density at radius 2 is 1.89 bits per heavy atom. The van der Waals surface area contributed by atoms with Gasteiger partial charge in [-0.1, -0.05) is 12.1 Å². The van der Waals surface area contributed by atoms with Crippen LogP contribution in [0.3, 0.4) is 0 Å².